The van der Waals surface area contributed by atoms with Gasteiger partial charge in [-0.15, -0.1) is 0 Å². The maximum absolute atomic E-state index is 12.7. The fraction of sp³-hybridized carbons (Fsp3) is 0.538. The molecule has 0 aliphatic rings. The van der Waals surface area contributed by atoms with E-state index in [1.54, 1.807) is 19.2 Å². The van der Waals surface area contributed by atoms with Crippen LogP contribution in [0.5, 0.6) is 0 Å². The molecule has 0 aliphatic heterocycles. The van der Waals surface area contributed by atoms with Gasteiger partial charge in [-0.05, 0) is 31.2 Å². The van der Waals surface area contributed by atoms with Gasteiger partial charge < -0.3 is 15.0 Å². The summed E-state index contributed by atoms with van der Waals surface area (Å²) in [5, 5.41) is 3.35. The van der Waals surface area contributed by atoms with Crippen LogP contribution in [0.4, 0.5) is 10.1 Å². The molecule has 1 aromatic carbocycles. The number of ether oxygens (including phenoxy) is 1. The van der Waals surface area contributed by atoms with Crippen molar-refractivity contribution < 1.29 is 9.13 Å². The van der Waals surface area contributed by atoms with Crippen LogP contribution in [0.25, 0.3) is 0 Å². The van der Waals surface area contributed by atoms with Crippen LogP contribution in [0.3, 0.4) is 0 Å². The normalized spacial score (nSPS) is 12.5. The number of hydrogen-bond acceptors (Lipinski definition) is 3. The van der Waals surface area contributed by atoms with Gasteiger partial charge in [0.25, 0.3) is 0 Å². The summed E-state index contributed by atoms with van der Waals surface area (Å²) in [6.45, 7) is 4.54. The first-order valence-electron chi connectivity index (χ1n) is 5.82. The minimum absolute atomic E-state index is 0.200. The summed E-state index contributed by atoms with van der Waals surface area (Å²) in [6, 6.07) is 6.88. The van der Waals surface area contributed by atoms with Crippen molar-refractivity contribution in [3.8, 4) is 0 Å². The number of likely N-dealkylation sites (N-methyl/N-ethyl adjacent to an activating group) is 1. The summed E-state index contributed by atoms with van der Waals surface area (Å²) in [7, 11) is 3.69. The summed E-state index contributed by atoms with van der Waals surface area (Å²) in [4.78, 5) is 2.09. The minimum Gasteiger partial charge on any atom is -0.383 e. The molecule has 0 radical (unpaired) electrons. The van der Waals surface area contributed by atoms with Crippen LogP contribution in [0, 0.1) is 5.82 Å². The Balaban J connectivity index is 2.29. The second-order valence-corrected chi connectivity index (χ2v) is 4.21. The highest BCUT2D eigenvalue weighted by Gasteiger charge is 2.03. The third-order valence-corrected chi connectivity index (χ3v) is 2.62. The molecule has 1 atom stereocenters. The number of hydrogen-bond donors (Lipinski definition) is 1. The van der Waals surface area contributed by atoms with Crippen molar-refractivity contribution in [2.45, 2.75) is 13.0 Å². The van der Waals surface area contributed by atoms with E-state index in [1.807, 2.05) is 7.05 Å². The van der Waals surface area contributed by atoms with E-state index < -0.39 is 0 Å². The molecule has 4 heteroatoms. The topological polar surface area (TPSA) is 24.5 Å². The first-order valence-corrected chi connectivity index (χ1v) is 5.82. The first-order chi connectivity index (χ1) is 8.13. The monoisotopic (exact) mass is 240 g/mol. The van der Waals surface area contributed by atoms with E-state index in [1.165, 1.54) is 12.1 Å². The number of nitrogens with zero attached hydrogens (tertiary/aromatic N) is 1. The second-order valence-electron chi connectivity index (χ2n) is 4.21. The Labute approximate surface area is 103 Å². The molecule has 3 nitrogen and oxygen atoms in total. The first kappa shape index (κ1) is 13.9. The van der Waals surface area contributed by atoms with Crippen LogP contribution in [-0.4, -0.2) is 39.9 Å². The molecule has 0 saturated heterocycles. The predicted molar refractivity (Wildman–Crippen MR) is 69.0 cm³/mol. The Morgan fingerprint density at radius 1 is 1.35 bits per heavy atom. The molecular formula is C13H21FN2O. The number of benzene rings is 1. The number of halogens is 1. The minimum atomic E-state index is -0.200. The number of nitrogens with one attached hydrogen (secondary N) is 1. The van der Waals surface area contributed by atoms with Crippen molar-refractivity contribution >= 4 is 5.69 Å². The molecule has 17 heavy (non-hydrogen) atoms. The maximum Gasteiger partial charge on any atom is 0.123 e. The van der Waals surface area contributed by atoms with Gasteiger partial charge in [0.05, 0.1) is 6.61 Å². The van der Waals surface area contributed by atoms with E-state index in [4.69, 9.17) is 4.74 Å². The quantitative estimate of drug-likeness (QED) is 0.787. The van der Waals surface area contributed by atoms with Crippen LogP contribution in [0.15, 0.2) is 24.3 Å². The number of methoxy groups -OCH3 is 1. The molecule has 1 rings (SSSR count). The third-order valence-electron chi connectivity index (χ3n) is 2.62. The molecule has 0 saturated carbocycles. The Morgan fingerprint density at radius 2 is 2.00 bits per heavy atom. The van der Waals surface area contributed by atoms with Gasteiger partial charge in [-0.3, -0.25) is 0 Å². The fourth-order valence-corrected chi connectivity index (χ4v) is 1.61. The Bertz CT molecular complexity index is 316. The fourth-order valence-electron chi connectivity index (χ4n) is 1.61. The molecule has 0 aliphatic carbocycles. The standard InChI is InChI=1S/C13H21FN2O/c1-11(10-17-3)15-8-9-16(2)13-6-4-12(14)5-7-13/h4-7,11,15H,8-10H2,1-3H3. The zero-order valence-electron chi connectivity index (χ0n) is 10.7. The highest BCUT2D eigenvalue weighted by Crippen LogP contribution is 2.12. The van der Waals surface area contributed by atoms with Gasteiger partial charge in [0, 0.05) is 39.0 Å². The molecule has 0 amide bonds. The zero-order chi connectivity index (χ0) is 12.7. The highest BCUT2D eigenvalue weighted by molar-refractivity contribution is 5.45. The molecule has 1 unspecified atom stereocenters. The number of anilines is 1. The molecule has 0 fully saturated rings. The van der Waals surface area contributed by atoms with E-state index in [2.05, 4.69) is 17.1 Å². The van der Waals surface area contributed by atoms with Crippen molar-refractivity contribution in [2.24, 2.45) is 0 Å². The van der Waals surface area contributed by atoms with Crippen molar-refractivity contribution in [1.82, 2.24) is 5.32 Å². The van der Waals surface area contributed by atoms with Crippen molar-refractivity contribution in [2.75, 3.05) is 38.8 Å². The van der Waals surface area contributed by atoms with E-state index >= 15 is 0 Å². The SMILES string of the molecule is COCC(C)NCCN(C)c1ccc(F)cc1. The van der Waals surface area contributed by atoms with Crippen molar-refractivity contribution in [3.63, 3.8) is 0 Å². The smallest absolute Gasteiger partial charge is 0.123 e. The van der Waals surface area contributed by atoms with E-state index in [0.29, 0.717) is 12.6 Å². The molecule has 0 heterocycles. The van der Waals surface area contributed by atoms with Crippen LogP contribution in [-0.2, 0) is 4.74 Å². The largest absolute Gasteiger partial charge is 0.383 e. The summed E-state index contributed by atoms with van der Waals surface area (Å²) >= 11 is 0. The van der Waals surface area contributed by atoms with Crippen molar-refractivity contribution in [1.29, 1.82) is 0 Å². The van der Waals surface area contributed by atoms with Gasteiger partial charge in [0.15, 0.2) is 0 Å². The Morgan fingerprint density at radius 3 is 2.59 bits per heavy atom. The van der Waals surface area contributed by atoms with E-state index in [0.717, 1.165) is 18.8 Å². The second kappa shape index (κ2) is 7.25. The van der Waals surface area contributed by atoms with Gasteiger partial charge >= 0.3 is 0 Å². The van der Waals surface area contributed by atoms with Gasteiger partial charge in [-0.25, -0.2) is 4.39 Å². The Hall–Kier alpha value is -1.13. The lowest BCUT2D eigenvalue weighted by molar-refractivity contribution is 0.173. The molecule has 0 spiro atoms. The lowest BCUT2D eigenvalue weighted by Crippen LogP contribution is -2.36. The summed E-state index contributed by atoms with van der Waals surface area (Å²) < 4.78 is 17.8. The van der Waals surface area contributed by atoms with Crippen LogP contribution >= 0.6 is 0 Å². The Kier molecular flexibility index (Phi) is 5.94. The van der Waals surface area contributed by atoms with Gasteiger partial charge in [0.1, 0.15) is 5.82 Å². The molecular weight excluding hydrogens is 219 g/mol. The lowest BCUT2D eigenvalue weighted by atomic mass is 10.3. The van der Waals surface area contributed by atoms with Gasteiger partial charge in [-0.1, -0.05) is 0 Å². The molecule has 0 aromatic heterocycles. The van der Waals surface area contributed by atoms with Crippen LogP contribution < -0.4 is 10.2 Å². The summed E-state index contributed by atoms with van der Waals surface area (Å²) in [5.74, 6) is -0.200. The molecule has 1 aromatic rings. The maximum atomic E-state index is 12.7. The number of rotatable bonds is 7. The third kappa shape index (κ3) is 5.15. The summed E-state index contributed by atoms with van der Waals surface area (Å²) in [6.07, 6.45) is 0. The van der Waals surface area contributed by atoms with Crippen LogP contribution in [0.2, 0.25) is 0 Å². The summed E-state index contributed by atoms with van der Waals surface area (Å²) in [5.41, 5.74) is 1.02. The molecule has 1 N–H and O–H groups in total. The van der Waals surface area contributed by atoms with Gasteiger partial charge in [0.2, 0.25) is 0 Å². The molecule has 0 bridgehead atoms. The van der Waals surface area contributed by atoms with Gasteiger partial charge in [-0.2, -0.15) is 0 Å². The van der Waals surface area contributed by atoms with Crippen molar-refractivity contribution in [3.05, 3.63) is 30.1 Å². The average molecular weight is 240 g/mol. The van der Waals surface area contributed by atoms with E-state index in [-0.39, 0.29) is 5.82 Å². The highest BCUT2D eigenvalue weighted by atomic mass is 19.1. The average Bonchev–Trinajstić information content (AvgIpc) is 2.30. The van der Waals surface area contributed by atoms with Crippen LogP contribution in [0.1, 0.15) is 6.92 Å². The lowest BCUT2D eigenvalue weighted by Gasteiger charge is -2.21. The molecule has 96 valence electrons. The predicted octanol–water partition coefficient (Wildman–Crippen LogP) is 1.89. The zero-order valence-corrected chi connectivity index (χ0v) is 10.7. The van der Waals surface area contributed by atoms with E-state index in [9.17, 15) is 4.39 Å².